The molecule has 1 saturated heterocycles. The topological polar surface area (TPSA) is 104 Å². The van der Waals surface area contributed by atoms with E-state index in [1.807, 2.05) is 20.8 Å². The summed E-state index contributed by atoms with van der Waals surface area (Å²) >= 11 is 0.971. The third kappa shape index (κ3) is 7.24. The molecule has 2 heterocycles. The van der Waals surface area contributed by atoms with Crippen LogP contribution in [0.25, 0.3) is 11.4 Å². The lowest BCUT2D eigenvalue weighted by molar-refractivity contribution is -0.112. The second-order valence-corrected chi connectivity index (χ2v) is 9.63. The van der Waals surface area contributed by atoms with Crippen LogP contribution in [0.2, 0.25) is 0 Å². The van der Waals surface area contributed by atoms with Crippen molar-refractivity contribution in [2.24, 2.45) is 0 Å². The number of thioether (sulfide) groups is 1. The van der Waals surface area contributed by atoms with Gasteiger partial charge in [-0.1, -0.05) is 16.9 Å². The normalized spacial score (nSPS) is 16.0. The maximum atomic E-state index is 14.4. The van der Waals surface area contributed by atoms with Gasteiger partial charge in [0.2, 0.25) is 5.82 Å². The molecule has 0 radical (unpaired) electrons. The van der Waals surface area contributed by atoms with Crippen molar-refractivity contribution in [1.82, 2.24) is 15.0 Å². The monoisotopic (exact) mass is 481 g/mol. The van der Waals surface area contributed by atoms with Crippen LogP contribution in [-0.4, -0.2) is 64.8 Å². The van der Waals surface area contributed by atoms with E-state index in [9.17, 15) is 14.0 Å². The number of hydrogen-bond donors (Lipinski definition) is 0. The molecule has 1 fully saturated rings. The van der Waals surface area contributed by atoms with E-state index in [4.69, 9.17) is 18.7 Å². The van der Waals surface area contributed by atoms with Crippen molar-refractivity contribution in [3.63, 3.8) is 0 Å². The second-order valence-electron chi connectivity index (χ2n) is 8.49. The zero-order chi connectivity index (χ0) is 24.0. The molecule has 0 spiro atoms. The van der Waals surface area contributed by atoms with Crippen LogP contribution < -0.4 is 0 Å². The van der Waals surface area contributed by atoms with Crippen molar-refractivity contribution in [2.45, 2.75) is 62.3 Å². The summed E-state index contributed by atoms with van der Waals surface area (Å²) in [6, 6.07) is 4.46. The highest BCUT2D eigenvalue weighted by atomic mass is 32.2. The molecular weight excluding hydrogens is 453 g/mol. The molecule has 1 aliphatic heterocycles. The molecule has 1 aromatic heterocycles. The zero-order valence-electron chi connectivity index (χ0n) is 19.1. The molecule has 3 rings (SSSR count). The molecule has 0 N–H and O–H groups in total. The van der Waals surface area contributed by atoms with E-state index in [2.05, 4.69) is 10.1 Å². The molecule has 1 atom stereocenters. The fourth-order valence-corrected chi connectivity index (χ4v) is 3.86. The van der Waals surface area contributed by atoms with Crippen LogP contribution in [0, 0.1) is 5.82 Å². The number of methoxy groups -OCH3 is 1. The van der Waals surface area contributed by atoms with Crippen molar-refractivity contribution in [2.75, 3.05) is 20.2 Å². The predicted octanol–water partition coefficient (Wildman–Crippen LogP) is 4.06. The predicted molar refractivity (Wildman–Crippen MR) is 118 cm³/mol. The van der Waals surface area contributed by atoms with Gasteiger partial charge >= 0.3 is 6.09 Å². The van der Waals surface area contributed by atoms with Gasteiger partial charge in [-0.3, -0.25) is 4.79 Å². The molecule has 0 saturated carbocycles. The number of carbonyl (C=O) groups excluding carboxylic acids is 2. The van der Waals surface area contributed by atoms with Gasteiger partial charge in [0.1, 0.15) is 18.0 Å². The minimum absolute atomic E-state index is 0.0423. The van der Waals surface area contributed by atoms with Gasteiger partial charge in [-0.15, -0.1) is 0 Å². The number of halogens is 1. The summed E-state index contributed by atoms with van der Waals surface area (Å²) in [5, 5.41) is 3.89. The Kier molecular flexibility index (Phi) is 8.44. The SMILES string of the molecule is COC(C=O)Sc1ccc(-c2noc(COC3CCN(C(=O)OC(C)(C)C)CC3)n2)cc1F. The van der Waals surface area contributed by atoms with Crippen LogP contribution in [0.3, 0.4) is 0 Å². The van der Waals surface area contributed by atoms with E-state index < -0.39 is 16.9 Å². The number of benzene rings is 1. The molecule has 0 bridgehead atoms. The fraction of sp³-hybridized carbons (Fsp3) is 0.545. The highest BCUT2D eigenvalue weighted by molar-refractivity contribution is 8.00. The van der Waals surface area contributed by atoms with Gasteiger partial charge < -0.3 is 23.6 Å². The molecule has 1 aromatic carbocycles. The number of rotatable bonds is 8. The summed E-state index contributed by atoms with van der Waals surface area (Å²) in [4.78, 5) is 29.3. The molecule has 180 valence electrons. The van der Waals surface area contributed by atoms with Gasteiger partial charge in [-0.25, -0.2) is 9.18 Å². The van der Waals surface area contributed by atoms with E-state index in [1.165, 1.54) is 19.2 Å². The molecule has 1 unspecified atom stereocenters. The molecule has 33 heavy (non-hydrogen) atoms. The van der Waals surface area contributed by atoms with Gasteiger partial charge in [0.05, 0.1) is 6.10 Å². The van der Waals surface area contributed by atoms with Crippen LogP contribution in [-0.2, 0) is 25.6 Å². The van der Waals surface area contributed by atoms with Crippen molar-refractivity contribution in [3.8, 4) is 11.4 Å². The van der Waals surface area contributed by atoms with Gasteiger partial charge in [0.25, 0.3) is 5.89 Å². The van der Waals surface area contributed by atoms with E-state index >= 15 is 0 Å². The number of ether oxygens (including phenoxy) is 3. The second kappa shape index (κ2) is 11.1. The fourth-order valence-electron chi connectivity index (χ4n) is 3.14. The lowest BCUT2D eigenvalue weighted by Crippen LogP contribution is -2.43. The third-order valence-corrected chi connectivity index (χ3v) is 5.90. The molecular formula is C22H28FN3O6S. The zero-order valence-corrected chi connectivity index (χ0v) is 19.9. The van der Waals surface area contributed by atoms with Gasteiger partial charge in [-0.05, 0) is 51.8 Å². The number of aldehydes is 1. The van der Waals surface area contributed by atoms with Crippen LogP contribution in [0.15, 0.2) is 27.6 Å². The Labute approximate surface area is 195 Å². The Bertz CT molecular complexity index is 956. The first kappa shape index (κ1) is 25.1. The van der Waals surface area contributed by atoms with Crippen molar-refractivity contribution in [1.29, 1.82) is 0 Å². The summed E-state index contributed by atoms with van der Waals surface area (Å²) in [7, 11) is 1.38. The number of amides is 1. The molecule has 9 nitrogen and oxygen atoms in total. The molecule has 2 aromatic rings. The summed E-state index contributed by atoms with van der Waals surface area (Å²) in [6.45, 7) is 6.73. The van der Waals surface area contributed by atoms with E-state index in [0.29, 0.717) is 37.8 Å². The number of piperidine rings is 1. The lowest BCUT2D eigenvalue weighted by atomic mass is 10.1. The minimum atomic E-state index is -0.782. The maximum Gasteiger partial charge on any atom is 0.410 e. The van der Waals surface area contributed by atoms with Crippen LogP contribution >= 0.6 is 11.8 Å². The highest BCUT2D eigenvalue weighted by Crippen LogP contribution is 2.29. The Balaban J connectivity index is 1.50. The maximum absolute atomic E-state index is 14.4. The Morgan fingerprint density at radius 1 is 1.36 bits per heavy atom. The molecule has 0 aliphatic carbocycles. The first-order valence-electron chi connectivity index (χ1n) is 10.6. The van der Waals surface area contributed by atoms with Gasteiger partial charge in [0.15, 0.2) is 11.7 Å². The van der Waals surface area contributed by atoms with Crippen LogP contribution in [0.1, 0.15) is 39.5 Å². The molecule has 1 amide bonds. The molecule has 11 heteroatoms. The van der Waals surface area contributed by atoms with E-state index in [0.717, 1.165) is 11.8 Å². The standard InChI is InChI=1S/C22H28FN3O6S/c1-22(2,3)31-21(28)26-9-7-15(8-10-26)30-13-18-24-20(25-32-18)14-5-6-17(16(23)11-14)33-19(12-27)29-4/h5-6,11-12,15,19H,7-10,13H2,1-4H3. The van der Waals surface area contributed by atoms with E-state index in [1.54, 1.807) is 11.0 Å². The summed E-state index contributed by atoms with van der Waals surface area (Å²) in [5.74, 6) is 0.00190. The largest absolute Gasteiger partial charge is 0.444 e. The van der Waals surface area contributed by atoms with Crippen molar-refractivity contribution in [3.05, 3.63) is 29.9 Å². The number of likely N-dealkylation sites (tertiary alicyclic amines) is 1. The van der Waals surface area contributed by atoms with Gasteiger partial charge in [0, 0.05) is 30.7 Å². The number of nitrogens with zero attached hydrogens (tertiary/aromatic N) is 3. The smallest absolute Gasteiger partial charge is 0.410 e. The van der Waals surface area contributed by atoms with Crippen LogP contribution in [0.5, 0.6) is 0 Å². The highest BCUT2D eigenvalue weighted by Gasteiger charge is 2.27. The molecule has 1 aliphatic rings. The summed E-state index contributed by atoms with van der Waals surface area (Å²) in [5.41, 5.74) is -0.864. The first-order chi connectivity index (χ1) is 15.7. The number of aromatic nitrogens is 2. The summed E-state index contributed by atoms with van der Waals surface area (Å²) < 4.78 is 35.8. The Hall–Kier alpha value is -2.50. The summed E-state index contributed by atoms with van der Waals surface area (Å²) in [6.07, 6.45) is 1.59. The van der Waals surface area contributed by atoms with E-state index in [-0.39, 0.29) is 35.4 Å². The Morgan fingerprint density at radius 3 is 2.70 bits per heavy atom. The quantitative estimate of drug-likeness (QED) is 0.314. The van der Waals surface area contributed by atoms with Crippen LogP contribution in [0.4, 0.5) is 9.18 Å². The van der Waals surface area contributed by atoms with Gasteiger partial charge in [-0.2, -0.15) is 4.98 Å². The number of hydrogen-bond acceptors (Lipinski definition) is 9. The average molecular weight is 482 g/mol. The van der Waals surface area contributed by atoms with Crippen molar-refractivity contribution < 1.29 is 32.7 Å². The lowest BCUT2D eigenvalue weighted by Gasteiger charge is -2.33. The Morgan fingerprint density at radius 2 is 2.09 bits per heavy atom. The third-order valence-electron chi connectivity index (χ3n) is 4.78. The number of carbonyl (C=O) groups is 2. The minimum Gasteiger partial charge on any atom is -0.444 e. The van der Waals surface area contributed by atoms with Crippen molar-refractivity contribution >= 4 is 24.1 Å². The average Bonchev–Trinajstić information content (AvgIpc) is 3.25. The first-order valence-corrected chi connectivity index (χ1v) is 11.4.